The number of aryl methyl sites for hydroxylation is 2. The zero-order valence-electron chi connectivity index (χ0n) is 17.3. The number of nitrogens with zero attached hydrogens (tertiary/aromatic N) is 3. The summed E-state index contributed by atoms with van der Waals surface area (Å²) in [7, 11) is 0. The number of anilines is 1. The van der Waals surface area contributed by atoms with E-state index in [1.54, 1.807) is 13.8 Å². The van der Waals surface area contributed by atoms with Crippen LogP contribution < -0.4 is 5.32 Å². The molecule has 1 N–H and O–H groups in total. The number of urea groups is 1. The van der Waals surface area contributed by atoms with Crippen molar-refractivity contribution >= 4 is 17.6 Å². The number of carbonyl (C=O) groups is 2. The molecule has 1 unspecified atom stereocenters. The van der Waals surface area contributed by atoms with Crippen LogP contribution in [0.25, 0.3) is 0 Å². The minimum Gasteiger partial charge on any atom is -0.359 e. The number of ether oxygens (including phenoxy) is 2. The van der Waals surface area contributed by atoms with Crippen molar-refractivity contribution in [3.8, 4) is 0 Å². The minimum absolute atomic E-state index is 0.000989. The summed E-state index contributed by atoms with van der Waals surface area (Å²) < 4.78 is 56.3. The van der Waals surface area contributed by atoms with Crippen LogP contribution in [0.1, 0.15) is 25.3 Å². The van der Waals surface area contributed by atoms with Crippen LogP contribution in [0.4, 0.5) is 23.7 Å². The van der Waals surface area contributed by atoms with Crippen molar-refractivity contribution in [2.75, 3.05) is 44.7 Å². The van der Waals surface area contributed by atoms with Crippen LogP contribution in [-0.4, -0.2) is 78.3 Å². The van der Waals surface area contributed by atoms with Gasteiger partial charge >= 0.3 is 12.2 Å². The van der Waals surface area contributed by atoms with Gasteiger partial charge in [-0.15, -0.1) is 0 Å². The maximum Gasteiger partial charge on any atom is 0.402 e. The van der Waals surface area contributed by atoms with E-state index in [1.165, 1.54) is 4.90 Å². The summed E-state index contributed by atoms with van der Waals surface area (Å²) in [5.41, 5.74) is -1.57. The van der Waals surface area contributed by atoms with Gasteiger partial charge in [0, 0.05) is 13.1 Å². The lowest BCUT2D eigenvalue weighted by molar-refractivity contribution is -0.288. The number of amides is 3. The van der Waals surface area contributed by atoms with Gasteiger partial charge in [0.15, 0.2) is 5.76 Å². The molecule has 0 bridgehead atoms. The van der Waals surface area contributed by atoms with Crippen LogP contribution in [0.2, 0.25) is 0 Å². The van der Waals surface area contributed by atoms with E-state index in [0.717, 1.165) is 18.7 Å². The molecule has 12 heteroatoms. The Balaban J connectivity index is 1.71. The Labute approximate surface area is 171 Å². The third-order valence-electron chi connectivity index (χ3n) is 5.40. The summed E-state index contributed by atoms with van der Waals surface area (Å²) in [6, 6.07) is -0.449. The van der Waals surface area contributed by atoms with Crippen LogP contribution in [0, 0.1) is 19.3 Å². The third kappa shape index (κ3) is 4.10. The summed E-state index contributed by atoms with van der Waals surface area (Å²) >= 11 is 0. The molecule has 3 rings (SSSR count). The number of alkyl halides is 3. The molecule has 2 fully saturated rings. The first-order valence-corrected chi connectivity index (χ1v) is 9.49. The van der Waals surface area contributed by atoms with Crippen molar-refractivity contribution in [3.63, 3.8) is 0 Å². The molecule has 2 aliphatic heterocycles. The molecular formula is C18H25F3N4O5. The van der Waals surface area contributed by atoms with Gasteiger partial charge in [0.25, 0.3) is 0 Å². The summed E-state index contributed by atoms with van der Waals surface area (Å²) in [4.78, 5) is 27.8. The summed E-state index contributed by atoms with van der Waals surface area (Å²) in [5.74, 6) is -1.99. The lowest BCUT2D eigenvalue weighted by Crippen LogP contribution is -2.65. The third-order valence-corrected chi connectivity index (χ3v) is 5.40. The first-order valence-electron chi connectivity index (χ1n) is 9.49. The number of aromatic nitrogens is 1. The fourth-order valence-corrected chi connectivity index (χ4v) is 3.41. The summed E-state index contributed by atoms with van der Waals surface area (Å²) in [5, 5.41) is 6.49. The molecule has 1 spiro atoms. The van der Waals surface area contributed by atoms with Crippen LogP contribution in [-0.2, 0) is 14.3 Å². The molecule has 2 saturated heterocycles. The van der Waals surface area contributed by atoms with Gasteiger partial charge in [0.05, 0.1) is 26.3 Å². The molecule has 1 aromatic rings. The van der Waals surface area contributed by atoms with E-state index in [0.29, 0.717) is 17.1 Å². The number of morpholine rings is 2. The van der Waals surface area contributed by atoms with E-state index < -0.39 is 29.3 Å². The number of halogens is 3. The van der Waals surface area contributed by atoms with Gasteiger partial charge in [-0.25, -0.2) is 4.79 Å². The maximum absolute atomic E-state index is 13.3. The van der Waals surface area contributed by atoms with Gasteiger partial charge in [-0.3, -0.25) is 4.79 Å². The molecule has 3 heterocycles. The van der Waals surface area contributed by atoms with Gasteiger partial charge in [0.2, 0.25) is 11.7 Å². The van der Waals surface area contributed by atoms with Crippen LogP contribution >= 0.6 is 0 Å². The minimum atomic E-state index is -4.69. The Kier molecular flexibility index (Phi) is 5.76. The molecule has 0 aliphatic carbocycles. The lowest BCUT2D eigenvalue weighted by Gasteiger charge is -2.48. The summed E-state index contributed by atoms with van der Waals surface area (Å²) in [6.45, 7) is 5.16. The second-order valence-electron chi connectivity index (χ2n) is 8.01. The highest BCUT2D eigenvalue weighted by Crippen LogP contribution is 2.40. The van der Waals surface area contributed by atoms with Gasteiger partial charge in [-0.05, 0) is 27.7 Å². The Bertz CT molecular complexity index is 802. The molecule has 1 atom stereocenters. The van der Waals surface area contributed by atoms with Gasteiger partial charge in [-0.2, -0.15) is 13.2 Å². The molecule has 2 aliphatic rings. The van der Waals surface area contributed by atoms with E-state index in [9.17, 15) is 22.8 Å². The van der Waals surface area contributed by atoms with Crippen molar-refractivity contribution in [1.82, 2.24) is 15.0 Å². The molecule has 3 amide bonds. The second kappa shape index (κ2) is 7.73. The van der Waals surface area contributed by atoms with Crippen LogP contribution in [0.5, 0.6) is 0 Å². The van der Waals surface area contributed by atoms with Crippen molar-refractivity contribution in [1.29, 1.82) is 0 Å². The average Bonchev–Trinajstić information content (AvgIpc) is 2.98. The Morgan fingerprint density at radius 1 is 1.07 bits per heavy atom. The standard InChI is InChI=1S/C18H25F3N4O5/c1-11-13(12(2)30-23-11)22-15(27)25-6-8-29-17(10-25)9-24(5-7-28-17)14(26)16(3,4)18(19,20)21/h5-10H2,1-4H3,(H,22,27). The largest absolute Gasteiger partial charge is 0.402 e. The Hall–Kier alpha value is -2.34. The highest BCUT2D eigenvalue weighted by atomic mass is 19.4. The maximum atomic E-state index is 13.3. The van der Waals surface area contributed by atoms with Crippen LogP contribution in [0.3, 0.4) is 0 Å². The van der Waals surface area contributed by atoms with E-state index in [-0.39, 0.29) is 39.4 Å². The quantitative estimate of drug-likeness (QED) is 0.767. The normalized spacial score (nSPS) is 23.0. The zero-order valence-corrected chi connectivity index (χ0v) is 17.3. The predicted octanol–water partition coefficient (Wildman–Crippen LogP) is 2.30. The first kappa shape index (κ1) is 22.3. The smallest absolute Gasteiger partial charge is 0.359 e. The average molecular weight is 434 g/mol. The topological polar surface area (TPSA) is 97.1 Å². The monoisotopic (exact) mass is 434 g/mol. The van der Waals surface area contributed by atoms with Crippen LogP contribution in [0.15, 0.2) is 4.52 Å². The molecular weight excluding hydrogens is 409 g/mol. The Morgan fingerprint density at radius 3 is 2.17 bits per heavy atom. The SMILES string of the molecule is Cc1noc(C)c1NC(=O)N1CCOC2(C1)CN(C(=O)C(C)(C)C(F)(F)F)CCO2. The first-order chi connectivity index (χ1) is 13.9. The van der Waals surface area contributed by atoms with Gasteiger partial charge in [-0.1, -0.05) is 5.16 Å². The second-order valence-corrected chi connectivity index (χ2v) is 8.01. The molecule has 1 aromatic heterocycles. The lowest BCUT2D eigenvalue weighted by atomic mass is 9.90. The van der Waals surface area contributed by atoms with E-state index in [4.69, 9.17) is 14.0 Å². The predicted molar refractivity (Wildman–Crippen MR) is 97.6 cm³/mol. The Morgan fingerprint density at radius 2 is 1.63 bits per heavy atom. The molecule has 9 nitrogen and oxygen atoms in total. The van der Waals surface area contributed by atoms with Crippen molar-refractivity contribution < 1.29 is 36.8 Å². The molecule has 0 saturated carbocycles. The number of nitrogens with one attached hydrogen (secondary N) is 1. The summed E-state index contributed by atoms with van der Waals surface area (Å²) in [6.07, 6.45) is -4.69. The van der Waals surface area contributed by atoms with E-state index in [2.05, 4.69) is 10.5 Å². The number of rotatable bonds is 2. The van der Waals surface area contributed by atoms with E-state index >= 15 is 0 Å². The molecule has 30 heavy (non-hydrogen) atoms. The highest BCUT2D eigenvalue weighted by molar-refractivity contribution is 5.90. The molecule has 168 valence electrons. The van der Waals surface area contributed by atoms with E-state index in [1.807, 2.05) is 0 Å². The van der Waals surface area contributed by atoms with Crippen molar-refractivity contribution in [2.24, 2.45) is 5.41 Å². The van der Waals surface area contributed by atoms with Crippen molar-refractivity contribution in [3.05, 3.63) is 11.5 Å². The number of hydrogen-bond acceptors (Lipinski definition) is 6. The zero-order chi connectivity index (χ0) is 22.3. The number of hydrogen-bond donors (Lipinski definition) is 1. The van der Waals surface area contributed by atoms with Crippen molar-refractivity contribution in [2.45, 2.75) is 39.7 Å². The molecule has 0 radical (unpaired) electrons. The molecule has 0 aromatic carbocycles. The van der Waals surface area contributed by atoms with Gasteiger partial charge < -0.3 is 29.1 Å². The fourth-order valence-electron chi connectivity index (χ4n) is 3.41. The highest BCUT2D eigenvalue weighted by Gasteiger charge is 2.56. The fraction of sp³-hybridized carbons (Fsp3) is 0.722. The number of carbonyl (C=O) groups excluding carboxylic acids is 2. The van der Waals surface area contributed by atoms with Gasteiger partial charge in [0.1, 0.15) is 16.8 Å².